The number of sulfone groups is 1. The van der Waals surface area contributed by atoms with E-state index in [0.29, 0.717) is 28.7 Å². The van der Waals surface area contributed by atoms with Crippen LogP contribution in [0.2, 0.25) is 0 Å². The van der Waals surface area contributed by atoms with Crippen molar-refractivity contribution in [3.05, 3.63) is 39.7 Å². The molecule has 0 saturated carbocycles. The molecule has 1 saturated heterocycles. The molecule has 2 heterocycles. The second-order valence-electron chi connectivity index (χ2n) is 6.73. The van der Waals surface area contributed by atoms with E-state index in [1.54, 1.807) is 26.1 Å². The lowest BCUT2D eigenvalue weighted by molar-refractivity contribution is -0.133. The maximum Gasteiger partial charge on any atom is 0.336 e. The Morgan fingerprint density at radius 1 is 1.31 bits per heavy atom. The van der Waals surface area contributed by atoms with Gasteiger partial charge in [-0.2, -0.15) is 0 Å². The zero-order valence-corrected chi connectivity index (χ0v) is 15.8. The van der Waals surface area contributed by atoms with E-state index in [0.717, 1.165) is 5.56 Å². The molecule has 1 aliphatic heterocycles. The van der Waals surface area contributed by atoms with E-state index in [1.807, 2.05) is 6.92 Å². The standard InChI is InChI=1S/C18H21NO6S/c1-11-6-14(18-12(2)8-17(21)25-15(18)7-11)24-9-16(20)19(3)13-4-5-26(22,23)10-13/h6-8,13H,4-5,9-10H2,1-3H3/t13-/m1/s1. The van der Waals surface area contributed by atoms with Crippen molar-refractivity contribution in [2.45, 2.75) is 26.3 Å². The Labute approximate surface area is 151 Å². The molecule has 1 fully saturated rings. The summed E-state index contributed by atoms with van der Waals surface area (Å²) in [4.78, 5) is 25.4. The maximum atomic E-state index is 12.4. The Morgan fingerprint density at radius 3 is 2.69 bits per heavy atom. The average molecular weight is 379 g/mol. The summed E-state index contributed by atoms with van der Waals surface area (Å²) in [5.41, 5.74) is 1.51. The zero-order chi connectivity index (χ0) is 19.1. The molecule has 1 aromatic carbocycles. The fraction of sp³-hybridized carbons (Fsp3) is 0.444. The summed E-state index contributed by atoms with van der Waals surface area (Å²) in [6.45, 7) is 3.40. The summed E-state index contributed by atoms with van der Waals surface area (Å²) in [6.07, 6.45) is 0.447. The topological polar surface area (TPSA) is 93.9 Å². The third kappa shape index (κ3) is 3.75. The number of rotatable bonds is 4. The van der Waals surface area contributed by atoms with Crippen molar-refractivity contribution in [1.82, 2.24) is 4.90 Å². The number of nitrogens with zero attached hydrogens (tertiary/aromatic N) is 1. The van der Waals surface area contributed by atoms with Crippen LogP contribution in [0.3, 0.4) is 0 Å². The molecule has 1 atom stereocenters. The van der Waals surface area contributed by atoms with E-state index in [1.165, 1.54) is 11.0 Å². The first-order valence-corrected chi connectivity index (χ1v) is 10.1. The summed E-state index contributed by atoms with van der Waals surface area (Å²) in [5.74, 6) is 0.267. The predicted octanol–water partition coefficient (Wildman–Crippen LogP) is 1.43. The Kier molecular flexibility index (Phi) is 4.79. The Morgan fingerprint density at radius 2 is 2.04 bits per heavy atom. The number of carbonyl (C=O) groups is 1. The van der Waals surface area contributed by atoms with E-state index < -0.39 is 15.5 Å². The molecule has 0 spiro atoms. The van der Waals surface area contributed by atoms with E-state index >= 15 is 0 Å². The first-order valence-electron chi connectivity index (χ1n) is 8.30. The number of aryl methyl sites for hydroxylation is 2. The number of carbonyl (C=O) groups excluding carboxylic acids is 1. The molecule has 7 nitrogen and oxygen atoms in total. The molecular weight excluding hydrogens is 358 g/mol. The molecule has 1 aromatic heterocycles. The minimum absolute atomic E-state index is 0.00706. The molecule has 0 N–H and O–H groups in total. The molecule has 0 bridgehead atoms. The second kappa shape index (κ2) is 6.75. The highest BCUT2D eigenvalue weighted by Gasteiger charge is 2.32. The molecule has 0 aliphatic carbocycles. The molecule has 3 rings (SSSR count). The van der Waals surface area contributed by atoms with Gasteiger partial charge in [-0.3, -0.25) is 4.79 Å². The van der Waals surface area contributed by atoms with E-state index in [9.17, 15) is 18.0 Å². The van der Waals surface area contributed by atoms with Crippen LogP contribution in [0.1, 0.15) is 17.5 Å². The lowest BCUT2D eigenvalue weighted by Gasteiger charge is -2.23. The first kappa shape index (κ1) is 18.4. The molecular formula is C18H21NO6S. The van der Waals surface area contributed by atoms with Crippen molar-refractivity contribution in [2.75, 3.05) is 25.2 Å². The third-order valence-corrected chi connectivity index (χ3v) is 6.40. The van der Waals surface area contributed by atoms with Gasteiger partial charge < -0.3 is 14.1 Å². The SMILES string of the molecule is Cc1cc(OCC(=O)N(C)[C@@H]2CCS(=O)(=O)C2)c2c(C)cc(=O)oc2c1. The van der Waals surface area contributed by atoms with Crippen LogP contribution >= 0.6 is 0 Å². The van der Waals surface area contributed by atoms with Crippen LogP contribution in [0.15, 0.2) is 27.4 Å². The summed E-state index contributed by atoms with van der Waals surface area (Å²) < 4.78 is 34.1. The van der Waals surface area contributed by atoms with Crippen molar-refractivity contribution < 1.29 is 22.4 Å². The van der Waals surface area contributed by atoms with Gasteiger partial charge in [0.1, 0.15) is 11.3 Å². The minimum atomic E-state index is -3.06. The van der Waals surface area contributed by atoms with Crippen LogP contribution in [-0.4, -0.2) is 50.4 Å². The fourth-order valence-corrected chi connectivity index (χ4v) is 4.99. The van der Waals surface area contributed by atoms with E-state index in [-0.39, 0.29) is 30.1 Å². The van der Waals surface area contributed by atoms with Gasteiger partial charge in [0.2, 0.25) is 0 Å². The smallest absolute Gasteiger partial charge is 0.336 e. The molecule has 8 heteroatoms. The van der Waals surface area contributed by atoms with Crippen molar-refractivity contribution in [2.24, 2.45) is 0 Å². The number of fused-ring (bicyclic) bond motifs is 1. The Hall–Kier alpha value is -2.35. The molecule has 0 unspecified atom stereocenters. The molecule has 0 radical (unpaired) electrons. The zero-order valence-electron chi connectivity index (χ0n) is 14.9. The lowest BCUT2D eigenvalue weighted by atomic mass is 10.1. The van der Waals surface area contributed by atoms with Crippen LogP contribution in [0, 0.1) is 13.8 Å². The van der Waals surface area contributed by atoms with Gasteiger partial charge in [-0.25, -0.2) is 13.2 Å². The fourth-order valence-electron chi connectivity index (χ4n) is 3.22. The van der Waals surface area contributed by atoms with Gasteiger partial charge in [-0.15, -0.1) is 0 Å². The van der Waals surface area contributed by atoms with Crippen LogP contribution in [0.25, 0.3) is 11.0 Å². The normalized spacial score (nSPS) is 18.8. The van der Waals surface area contributed by atoms with Crippen molar-refractivity contribution in [1.29, 1.82) is 0 Å². The van der Waals surface area contributed by atoms with Gasteiger partial charge >= 0.3 is 5.63 Å². The molecule has 1 aliphatic rings. The summed E-state index contributed by atoms with van der Waals surface area (Å²) >= 11 is 0. The largest absolute Gasteiger partial charge is 0.483 e. The first-order chi connectivity index (χ1) is 12.2. The maximum absolute atomic E-state index is 12.4. The van der Waals surface area contributed by atoms with Gasteiger partial charge in [-0.1, -0.05) is 0 Å². The average Bonchev–Trinajstić information content (AvgIpc) is 2.90. The highest BCUT2D eigenvalue weighted by molar-refractivity contribution is 7.91. The third-order valence-electron chi connectivity index (χ3n) is 4.65. The second-order valence-corrected chi connectivity index (χ2v) is 8.96. The van der Waals surface area contributed by atoms with Gasteiger partial charge in [0.15, 0.2) is 16.4 Å². The lowest BCUT2D eigenvalue weighted by Crippen LogP contribution is -2.40. The highest BCUT2D eigenvalue weighted by Crippen LogP contribution is 2.29. The van der Waals surface area contributed by atoms with Crippen LogP contribution in [0.5, 0.6) is 5.75 Å². The molecule has 2 aromatic rings. The van der Waals surface area contributed by atoms with Gasteiger partial charge in [0.25, 0.3) is 5.91 Å². The number of hydrogen-bond donors (Lipinski definition) is 0. The van der Waals surface area contributed by atoms with Crippen molar-refractivity contribution in [3.63, 3.8) is 0 Å². The van der Waals surface area contributed by atoms with Gasteiger partial charge in [0.05, 0.1) is 16.9 Å². The van der Waals surface area contributed by atoms with Crippen LogP contribution in [0.4, 0.5) is 0 Å². The van der Waals surface area contributed by atoms with Crippen LogP contribution < -0.4 is 10.4 Å². The number of ether oxygens (including phenoxy) is 1. The Bertz CT molecular complexity index is 1020. The quantitative estimate of drug-likeness (QED) is 0.746. The predicted molar refractivity (Wildman–Crippen MR) is 97.3 cm³/mol. The van der Waals surface area contributed by atoms with E-state index in [4.69, 9.17) is 9.15 Å². The number of hydrogen-bond acceptors (Lipinski definition) is 6. The van der Waals surface area contributed by atoms with Gasteiger partial charge in [-0.05, 0) is 43.5 Å². The van der Waals surface area contributed by atoms with Crippen molar-refractivity contribution in [3.8, 4) is 5.75 Å². The number of amides is 1. The van der Waals surface area contributed by atoms with Crippen molar-refractivity contribution >= 4 is 26.7 Å². The summed E-state index contributed by atoms with van der Waals surface area (Å²) in [5, 5.41) is 0.647. The molecule has 140 valence electrons. The summed E-state index contributed by atoms with van der Waals surface area (Å²) in [7, 11) is -1.47. The highest BCUT2D eigenvalue weighted by atomic mass is 32.2. The minimum Gasteiger partial charge on any atom is -0.483 e. The van der Waals surface area contributed by atoms with Gasteiger partial charge in [0, 0.05) is 19.2 Å². The summed E-state index contributed by atoms with van der Waals surface area (Å²) in [6, 6.07) is 4.59. The molecule has 1 amide bonds. The van der Waals surface area contributed by atoms with E-state index in [2.05, 4.69) is 0 Å². The Balaban J connectivity index is 1.79. The number of likely N-dealkylation sites (N-methyl/N-ethyl adjacent to an activating group) is 1. The number of benzene rings is 1. The monoisotopic (exact) mass is 379 g/mol. The van der Waals surface area contributed by atoms with Crippen LogP contribution in [-0.2, 0) is 14.6 Å². The molecule has 26 heavy (non-hydrogen) atoms.